The van der Waals surface area contributed by atoms with Crippen LogP contribution in [-0.2, 0) is 0 Å². The summed E-state index contributed by atoms with van der Waals surface area (Å²) in [6, 6.07) is 5.35. The highest BCUT2D eigenvalue weighted by molar-refractivity contribution is 5.70. The number of benzene rings is 2. The number of nitrogens with two attached hydrogens (primary N) is 1. The Balaban J connectivity index is 2.64. The average Bonchev–Trinajstić information content (AvgIpc) is 2.35. The molecule has 0 aliphatic heterocycles. The van der Waals surface area contributed by atoms with Gasteiger partial charge < -0.3 is 10.5 Å². The topological polar surface area (TPSA) is 35.2 Å². The number of methoxy groups -OCH3 is 1. The molecule has 0 heterocycles. The molecule has 2 N–H and O–H groups in total. The van der Waals surface area contributed by atoms with Crippen molar-refractivity contribution in [2.45, 2.75) is 0 Å². The highest BCUT2D eigenvalue weighted by Gasteiger charge is 2.13. The third-order valence-electron chi connectivity index (χ3n) is 2.55. The molecule has 0 radical (unpaired) electrons. The van der Waals surface area contributed by atoms with Crippen LogP contribution in [-0.4, -0.2) is 7.11 Å². The monoisotopic (exact) mass is 253 g/mol. The molecule has 0 saturated carbocycles. The van der Waals surface area contributed by atoms with Crippen LogP contribution in [0.2, 0.25) is 0 Å². The van der Waals surface area contributed by atoms with Gasteiger partial charge in [0.05, 0.1) is 7.11 Å². The minimum absolute atomic E-state index is 0.0489. The summed E-state index contributed by atoms with van der Waals surface area (Å²) in [5.41, 5.74) is 5.39. The predicted octanol–water partition coefficient (Wildman–Crippen LogP) is 3.36. The van der Waals surface area contributed by atoms with Gasteiger partial charge in [-0.3, -0.25) is 0 Å². The van der Waals surface area contributed by atoms with Gasteiger partial charge in [0.2, 0.25) is 0 Å². The van der Waals surface area contributed by atoms with Crippen molar-refractivity contribution in [1.29, 1.82) is 0 Å². The Bertz CT molecular complexity index is 599. The maximum atomic E-state index is 13.6. The largest absolute Gasteiger partial charge is 0.494 e. The molecule has 0 fully saturated rings. The first-order valence-corrected chi connectivity index (χ1v) is 5.11. The van der Waals surface area contributed by atoms with E-state index in [0.29, 0.717) is 0 Å². The van der Waals surface area contributed by atoms with Gasteiger partial charge in [-0.2, -0.15) is 0 Å². The fourth-order valence-corrected chi connectivity index (χ4v) is 1.64. The molecular formula is C13H10F3NO. The molecule has 0 unspecified atom stereocenters. The molecule has 2 aromatic rings. The average molecular weight is 253 g/mol. The SMILES string of the molecule is COc1cc(-c2cc(F)ccc2F)cc(F)c1N. The van der Waals surface area contributed by atoms with E-state index in [2.05, 4.69) is 0 Å². The summed E-state index contributed by atoms with van der Waals surface area (Å²) in [7, 11) is 1.32. The summed E-state index contributed by atoms with van der Waals surface area (Å²) < 4.78 is 45.0. The van der Waals surface area contributed by atoms with Crippen molar-refractivity contribution < 1.29 is 17.9 Å². The van der Waals surface area contributed by atoms with Crippen molar-refractivity contribution in [2.75, 3.05) is 12.8 Å². The van der Waals surface area contributed by atoms with Gasteiger partial charge in [-0.25, -0.2) is 13.2 Å². The molecule has 0 atom stereocenters. The molecule has 18 heavy (non-hydrogen) atoms. The molecule has 2 nitrogen and oxygen atoms in total. The Kier molecular flexibility index (Phi) is 3.14. The lowest BCUT2D eigenvalue weighted by molar-refractivity contribution is 0.414. The number of nitrogen functional groups attached to an aromatic ring is 1. The van der Waals surface area contributed by atoms with Gasteiger partial charge in [0.15, 0.2) is 5.82 Å². The van der Waals surface area contributed by atoms with E-state index in [1.807, 2.05) is 0 Å². The van der Waals surface area contributed by atoms with E-state index in [4.69, 9.17) is 10.5 Å². The Morgan fingerprint density at radius 1 is 1.00 bits per heavy atom. The standard InChI is InChI=1S/C13H10F3NO/c1-18-12-5-7(4-11(16)13(12)17)9-6-8(14)2-3-10(9)15/h2-6H,17H2,1H3. The van der Waals surface area contributed by atoms with Crippen molar-refractivity contribution >= 4 is 5.69 Å². The van der Waals surface area contributed by atoms with Crippen molar-refractivity contribution in [3.63, 3.8) is 0 Å². The lowest BCUT2D eigenvalue weighted by Gasteiger charge is -2.09. The molecule has 0 aliphatic carbocycles. The number of ether oxygens (including phenoxy) is 1. The van der Waals surface area contributed by atoms with Gasteiger partial charge in [0, 0.05) is 5.56 Å². The summed E-state index contributed by atoms with van der Waals surface area (Å²) in [5, 5.41) is 0. The maximum absolute atomic E-state index is 13.6. The molecule has 94 valence electrons. The van der Waals surface area contributed by atoms with Gasteiger partial charge in [0.1, 0.15) is 23.1 Å². The Hall–Kier alpha value is -2.17. The molecule has 0 saturated heterocycles. The summed E-state index contributed by atoms with van der Waals surface area (Å²) in [4.78, 5) is 0. The number of hydrogen-bond acceptors (Lipinski definition) is 2. The summed E-state index contributed by atoms with van der Waals surface area (Å²) in [5.74, 6) is -1.92. The van der Waals surface area contributed by atoms with E-state index < -0.39 is 17.5 Å². The van der Waals surface area contributed by atoms with Gasteiger partial charge >= 0.3 is 0 Å². The van der Waals surface area contributed by atoms with Gasteiger partial charge in [0.25, 0.3) is 0 Å². The first-order chi connectivity index (χ1) is 8.52. The van der Waals surface area contributed by atoms with Gasteiger partial charge in [-0.1, -0.05) is 0 Å². The normalized spacial score (nSPS) is 10.4. The minimum Gasteiger partial charge on any atom is -0.494 e. The molecule has 5 heteroatoms. The van der Waals surface area contributed by atoms with Crippen LogP contribution in [0.1, 0.15) is 0 Å². The van der Waals surface area contributed by atoms with E-state index in [9.17, 15) is 13.2 Å². The molecule has 0 aromatic heterocycles. The van der Waals surface area contributed by atoms with Gasteiger partial charge in [-0.15, -0.1) is 0 Å². The Labute approximate surface area is 102 Å². The fourth-order valence-electron chi connectivity index (χ4n) is 1.64. The van der Waals surface area contributed by atoms with Crippen LogP contribution in [0, 0.1) is 17.5 Å². The minimum atomic E-state index is -0.743. The molecule has 0 bridgehead atoms. The quantitative estimate of drug-likeness (QED) is 0.833. The first kappa shape index (κ1) is 12.3. The van der Waals surface area contributed by atoms with Crippen LogP contribution in [0.25, 0.3) is 11.1 Å². The summed E-state index contributed by atoms with van der Waals surface area (Å²) in [6.07, 6.45) is 0. The number of anilines is 1. The van der Waals surface area contributed by atoms with Crippen LogP contribution < -0.4 is 10.5 Å². The van der Waals surface area contributed by atoms with Crippen LogP contribution in [0.5, 0.6) is 5.75 Å². The Morgan fingerprint density at radius 2 is 1.72 bits per heavy atom. The smallest absolute Gasteiger partial charge is 0.150 e. The highest BCUT2D eigenvalue weighted by atomic mass is 19.1. The zero-order chi connectivity index (χ0) is 13.3. The second-order valence-corrected chi connectivity index (χ2v) is 3.70. The molecule has 2 aromatic carbocycles. The maximum Gasteiger partial charge on any atom is 0.150 e. The molecule has 2 rings (SSSR count). The molecular weight excluding hydrogens is 243 g/mol. The first-order valence-electron chi connectivity index (χ1n) is 5.11. The van der Waals surface area contributed by atoms with E-state index in [1.54, 1.807) is 0 Å². The number of rotatable bonds is 2. The van der Waals surface area contributed by atoms with Crippen LogP contribution in [0.3, 0.4) is 0 Å². The third-order valence-corrected chi connectivity index (χ3v) is 2.55. The van der Waals surface area contributed by atoms with E-state index >= 15 is 0 Å². The number of halogens is 3. The zero-order valence-corrected chi connectivity index (χ0v) is 9.51. The fraction of sp³-hybridized carbons (Fsp3) is 0.0769. The van der Waals surface area contributed by atoms with Crippen LogP contribution in [0.4, 0.5) is 18.9 Å². The van der Waals surface area contributed by atoms with Crippen molar-refractivity contribution in [3.05, 3.63) is 47.8 Å². The molecule has 0 spiro atoms. The van der Waals surface area contributed by atoms with Gasteiger partial charge in [-0.05, 0) is 35.9 Å². The second kappa shape index (κ2) is 4.60. The van der Waals surface area contributed by atoms with Crippen molar-refractivity contribution in [2.24, 2.45) is 0 Å². The van der Waals surface area contributed by atoms with Crippen LogP contribution >= 0.6 is 0 Å². The van der Waals surface area contributed by atoms with E-state index in [1.165, 1.54) is 13.2 Å². The van der Waals surface area contributed by atoms with Crippen molar-refractivity contribution in [1.82, 2.24) is 0 Å². The second-order valence-electron chi connectivity index (χ2n) is 3.70. The third kappa shape index (κ3) is 2.11. The molecule has 0 aliphatic rings. The van der Waals surface area contributed by atoms with Crippen LogP contribution in [0.15, 0.2) is 30.3 Å². The van der Waals surface area contributed by atoms with Crippen molar-refractivity contribution in [3.8, 4) is 16.9 Å². The Morgan fingerprint density at radius 3 is 2.39 bits per heavy atom. The summed E-state index contributed by atoms with van der Waals surface area (Å²) >= 11 is 0. The summed E-state index contributed by atoms with van der Waals surface area (Å²) in [6.45, 7) is 0. The lowest BCUT2D eigenvalue weighted by atomic mass is 10.0. The lowest BCUT2D eigenvalue weighted by Crippen LogP contribution is -1.97. The molecule has 0 amide bonds. The highest BCUT2D eigenvalue weighted by Crippen LogP contribution is 2.32. The predicted molar refractivity (Wildman–Crippen MR) is 62.7 cm³/mol. The van der Waals surface area contributed by atoms with E-state index in [0.717, 1.165) is 24.3 Å². The number of hydrogen-bond donors (Lipinski definition) is 1. The zero-order valence-electron chi connectivity index (χ0n) is 9.51. The van der Waals surface area contributed by atoms with E-state index in [-0.39, 0.29) is 22.6 Å².